The molecule has 1 N–H and O–H groups in total. The molecular formula is C9H12N2O2. The fourth-order valence-electron chi connectivity index (χ4n) is 0.875. The van der Waals surface area contributed by atoms with E-state index in [1.54, 1.807) is 13.0 Å². The molecule has 1 aromatic heterocycles. The van der Waals surface area contributed by atoms with Crippen molar-refractivity contribution < 1.29 is 9.32 Å². The van der Waals surface area contributed by atoms with Gasteiger partial charge in [0.05, 0.1) is 5.69 Å². The first-order valence-electron chi connectivity index (χ1n) is 4.04. The lowest BCUT2D eigenvalue weighted by Gasteiger charge is -1.98. The normalized spacial score (nSPS) is 10.6. The van der Waals surface area contributed by atoms with E-state index < -0.39 is 0 Å². The van der Waals surface area contributed by atoms with Gasteiger partial charge in [0, 0.05) is 12.1 Å². The van der Waals surface area contributed by atoms with Crippen LogP contribution in [0.3, 0.4) is 0 Å². The van der Waals surface area contributed by atoms with Crippen molar-refractivity contribution in [3.63, 3.8) is 0 Å². The Kier molecular flexibility index (Phi) is 3.25. The second kappa shape index (κ2) is 4.45. The Morgan fingerprint density at radius 3 is 3.08 bits per heavy atom. The molecule has 0 aliphatic rings. The van der Waals surface area contributed by atoms with Gasteiger partial charge in [0.1, 0.15) is 6.26 Å². The quantitative estimate of drug-likeness (QED) is 0.710. The van der Waals surface area contributed by atoms with Crippen LogP contribution in [-0.2, 0) is 11.3 Å². The summed E-state index contributed by atoms with van der Waals surface area (Å²) >= 11 is 0. The van der Waals surface area contributed by atoms with Crippen molar-refractivity contribution >= 4 is 5.91 Å². The molecule has 0 fully saturated rings. The van der Waals surface area contributed by atoms with Gasteiger partial charge >= 0.3 is 0 Å². The summed E-state index contributed by atoms with van der Waals surface area (Å²) in [5.41, 5.74) is 1.71. The predicted molar refractivity (Wildman–Crippen MR) is 47.9 cm³/mol. The summed E-state index contributed by atoms with van der Waals surface area (Å²) in [7, 11) is 0. The monoisotopic (exact) mass is 180 g/mol. The molecule has 4 nitrogen and oxygen atoms in total. The molecule has 0 aliphatic carbocycles. The third-order valence-corrected chi connectivity index (χ3v) is 1.62. The third-order valence-electron chi connectivity index (χ3n) is 1.62. The topological polar surface area (TPSA) is 55.1 Å². The smallest absolute Gasteiger partial charge is 0.243 e. The van der Waals surface area contributed by atoms with Crippen LogP contribution in [0, 0.1) is 6.92 Å². The van der Waals surface area contributed by atoms with E-state index in [1.807, 2.05) is 6.92 Å². The number of carbonyl (C=O) groups is 1. The predicted octanol–water partition coefficient (Wildman–Crippen LogP) is 1.18. The van der Waals surface area contributed by atoms with Crippen LogP contribution >= 0.6 is 0 Å². The molecule has 0 saturated carbocycles. The lowest BCUT2D eigenvalue weighted by atomic mass is 10.2. The summed E-state index contributed by atoms with van der Waals surface area (Å²) < 4.78 is 4.72. The molecule has 0 radical (unpaired) electrons. The Bertz CT molecular complexity index is 315. The van der Waals surface area contributed by atoms with Crippen LogP contribution < -0.4 is 5.32 Å². The Morgan fingerprint density at radius 2 is 2.54 bits per heavy atom. The van der Waals surface area contributed by atoms with Crippen LogP contribution in [0.4, 0.5) is 0 Å². The van der Waals surface area contributed by atoms with Gasteiger partial charge in [-0.05, 0) is 19.9 Å². The molecule has 13 heavy (non-hydrogen) atoms. The van der Waals surface area contributed by atoms with Crippen LogP contribution in [0.1, 0.15) is 18.2 Å². The first kappa shape index (κ1) is 9.51. The molecular weight excluding hydrogens is 168 g/mol. The third kappa shape index (κ3) is 2.74. The summed E-state index contributed by atoms with van der Waals surface area (Å²) in [4.78, 5) is 11.0. The van der Waals surface area contributed by atoms with E-state index >= 15 is 0 Å². The number of carbonyl (C=O) groups excluding carboxylic acids is 1. The number of rotatable bonds is 3. The van der Waals surface area contributed by atoms with E-state index in [4.69, 9.17) is 4.52 Å². The minimum absolute atomic E-state index is 0.108. The van der Waals surface area contributed by atoms with E-state index in [0.717, 1.165) is 11.3 Å². The highest BCUT2D eigenvalue weighted by atomic mass is 16.5. The van der Waals surface area contributed by atoms with Crippen molar-refractivity contribution in [2.24, 2.45) is 0 Å². The number of aryl methyl sites for hydroxylation is 1. The number of aromatic nitrogens is 1. The SMILES string of the molecule is C/C=C/C(=O)NCc1conc1C. The maximum Gasteiger partial charge on any atom is 0.243 e. The molecule has 0 aliphatic heterocycles. The summed E-state index contributed by atoms with van der Waals surface area (Å²) in [6.45, 7) is 4.09. The van der Waals surface area contributed by atoms with Crippen LogP contribution in [0.2, 0.25) is 0 Å². The summed E-state index contributed by atoms with van der Waals surface area (Å²) in [5, 5.41) is 6.40. The van der Waals surface area contributed by atoms with Gasteiger partial charge in [-0.1, -0.05) is 11.2 Å². The van der Waals surface area contributed by atoms with Crippen molar-refractivity contribution in [1.82, 2.24) is 10.5 Å². The maximum atomic E-state index is 11.0. The van der Waals surface area contributed by atoms with Crippen molar-refractivity contribution in [1.29, 1.82) is 0 Å². The van der Waals surface area contributed by atoms with Gasteiger partial charge in [0.2, 0.25) is 5.91 Å². The van der Waals surface area contributed by atoms with Crippen molar-refractivity contribution in [3.8, 4) is 0 Å². The summed E-state index contributed by atoms with van der Waals surface area (Å²) in [5.74, 6) is -0.108. The number of hydrogen-bond donors (Lipinski definition) is 1. The van der Waals surface area contributed by atoms with Crippen molar-refractivity contribution in [3.05, 3.63) is 29.7 Å². The standard InChI is InChI=1S/C9H12N2O2/c1-3-4-9(12)10-5-8-6-13-11-7(8)2/h3-4,6H,5H2,1-2H3,(H,10,12)/b4-3+. The highest BCUT2D eigenvalue weighted by Crippen LogP contribution is 2.03. The molecule has 1 amide bonds. The number of allylic oxidation sites excluding steroid dienone is 1. The number of hydrogen-bond acceptors (Lipinski definition) is 3. The lowest BCUT2D eigenvalue weighted by molar-refractivity contribution is -0.116. The Morgan fingerprint density at radius 1 is 1.77 bits per heavy atom. The molecule has 0 spiro atoms. The minimum Gasteiger partial charge on any atom is -0.364 e. The maximum absolute atomic E-state index is 11.0. The first-order valence-corrected chi connectivity index (χ1v) is 4.04. The van der Waals surface area contributed by atoms with Gasteiger partial charge in [0.15, 0.2) is 0 Å². The fourth-order valence-corrected chi connectivity index (χ4v) is 0.875. The molecule has 1 rings (SSSR count). The van der Waals surface area contributed by atoms with E-state index in [0.29, 0.717) is 6.54 Å². The first-order chi connectivity index (χ1) is 6.24. The average Bonchev–Trinajstić information content (AvgIpc) is 2.48. The Balaban J connectivity index is 2.44. The van der Waals surface area contributed by atoms with Gasteiger partial charge in [0.25, 0.3) is 0 Å². The second-order valence-corrected chi connectivity index (χ2v) is 2.64. The molecule has 0 bridgehead atoms. The molecule has 1 aromatic rings. The van der Waals surface area contributed by atoms with E-state index in [-0.39, 0.29) is 5.91 Å². The molecule has 0 saturated heterocycles. The van der Waals surface area contributed by atoms with Gasteiger partial charge in [-0.3, -0.25) is 4.79 Å². The van der Waals surface area contributed by atoms with Gasteiger partial charge in [-0.25, -0.2) is 0 Å². The van der Waals surface area contributed by atoms with Crippen LogP contribution in [0.25, 0.3) is 0 Å². The molecule has 0 unspecified atom stereocenters. The van der Waals surface area contributed by atoms with Crippen LogP contribution in [-0.4, -0.2) is 11.1 Å². The Labute approximate surface area is 76.6 Å². The summed E-state index contributed by atoms with van der Waals surface area (Å²) in [6.07, 6.45) is 4.70. The lowest BCUT2D eigenvalue weighted by Crippen LogP contribution is -2.20. The second-order valence-electron chi connectivity index (χ2n) is 2.64. The summed E-state index contributed by atoms with van der Waals surface area (Å²) in [6, 6.07) is 0. The van der Waals surface area contributed by atoms with Crippen LogP contribution in [0.15, 0.2) is 22.9 Å². The Hall–Kier alpha value is -1.58. The number of nitrogens with one attached hydrogen (secondary N) is 1. The zero-order chi connectivity index (χ0) is 9.68. The number of nitrogens with zero attached hydrogens (tertiary/aromatic N) is 1. The fraction of sp³-hybridized carbons (Fsp3) is 0.333. The molecule has 0 aromatic carbocycles. The molecule has 4 heteroatoms. The van der Waals surface area contributed by atoms with E-state index in [2.05, 4.69) is 10.5 Å². The highest BCUT2D eigenvalue weighted by Gasteiger charge is 2.02. The largest absolute Gasteiger partial charge is 0.364 e. The molecule has 0 atom stereocenters. The van der Waals surface area contributed by atoms with E-state index in [9.17, 15) is 4.79 Å². The molecule has 1 heterocycles. The van der Waals surface area contributed by atoms with Gasteiger partial charge in [-0.15, -0.1) is 0 Å². The average molecular weight is 180 g/mol. The minimum atomic E-state index is -0.108. The number of amides is 1. The zero-order valence-corrected chi connectivity index (χ0v) is 7.70. The molecule has 70 valence electrons. The highest BCUT2D eigenvalue weighted by molar-refractivity contribution is 5.87. The van der Waals surface area contributed by atoms with E-state index in [1.165, 1.54) is 12.3 Å². The van der Waals surface area contributed by atoms with Crippen molar-refractivity contribution in [2.45, 2.75) is 20.4 Å². The zero-order valence-electron chi connectivity index (χ0n) is 7.70. The van der Waals surface area contributed by atoms with Crippen molar-refractivity contribution in [2.75, 3.05) is 0 Å². The van der Waals surface area contributed by atoms with Gasteiger partial charge in [-0.2, -0.15) is 0 Å². The van der Waals surface area contributed by atoms with Crippen LogP contribution in [0.5, 0.6) is 0 Å². The van der Waals surface area contributed by atoms with Gasteiger partial charge < -0.3 is 9.84 Å².